The third-order valence-electron chi connectivity index (χ3n) is 4.75. The van der Waals surface area contributed by atoms with Crippen LogP contribution in [0.2, 0.25) is 0 Å². The van der Waals surface area contributed by atoms with Crippen LogP contribution in [0.1, 0.15) is 17.5 Å². The minimum Gasteiger partial charge on any atom is -0.361 e. The number of aryl methyl sites for hydroxylation is 2. The Morgan fingerprint density at radius 3 is 2.79 bits per heavy atom. The molecule has 28 heavy (non-hydrogen) atoms. The number of amides is 1. The molecule has 2 heterocycles. The van der Waals surface area contributed by atoms with Gasteiger partial charge in [-0.2, -0.15) is 0 Å². The van der Waals surface area contributed by atoms with Gasteiger partial charge in [0.15, 0.2) is 0 Å². The Bertz CT molecular complexity index is 1100. The Kier molecular flexibility index (Phi) is 5.06. The van der Waals surface area contributed by atoms with E-state index in [9.17, 15) is 4.79 Å². The van der Waals surface area contributed by atoms with Crippen molar-refractivity contribution in [3.63, 3.8) is 0 Å². The lowest BCUT2D eigenvalue weighted by molar-refractivity contribution is -0.116. The van der Waals surface area contributed by atoms with Gasteiger partial charge in [0.1, 0.15) is 0 Å². The summed E-state index contributed by atoms with van der Waals surface area (Å²) in [6, 6.07) is 17.9. The molecule has 0 atom stereocenters. The van der Waals surface area contributed by atoms with Gasteiger partial charge in [-0.15, -0.1) is 0 Å². The molecule has 0 bridgehead atoms. The number of pyridine rings is 1. The molecule has 0 saturated heterocycles. The van der Waals surface area contributed by atoms with Crippen molar-refractivity contribution in [2.24, 2.45) is 0 Å². The van der Waals surface area contributed by atoms with E-state index in [0.717, 1.165) is 33.7 Å². The first kappa shape index (κ1) is 17.8. The molecule has 0 aliphatic carbocycles. The lowest BCUT2D eigenvalue weighted by Crippen LogP contribution is -2.12. The number of carbonyl (C=O) groups is 1. The summed E-state index contributed by atoms with van der Waals surface area (Å²) in [6.45, 7) is 2.01. The van der Waals surface area contributed by atoms with Gasteiger partial charge in [-0.3, -0.25) is 9.78 Å². The first-order chi connectivity index (χ1) is 13.7. The molecule has 0 aliphatic rings. The molecule has 4 aromatic rings. The second kappa shape index (κ2) is 7.96. The lowest BCUT2D eigenvalue weighted by Gasteiger charge is -2.12. The molecule has 0 fully saturated rings. The van der Waals surface area contributed by atoms with Crippen LogP contribution in [-0.2, 0) is 11.2 Å². The number of H-pyrrole nitrogens is 1. The van der Waals surface area contributed by atoms with Crippen molar-refractivity contribution >= 4 is 33.9 Å². The zero-order valence-corrected chi connectivity index (χ0v) is 15.7. The predicted molar refractivity (Wildman–Crippen MR) is 114 cm³/mol. The highest BCUT2D eigenvalue weighted by molar-refractivity contribution is 5.92. The summed E-state index contributed by atoms with van der Waals surface area (Å²) in [5.74, 6) is 0.0117. The Labute approximate surface area is 163 Å². The Morgan fingerprint density at radius 2 is 1.96 bits per heavy atom. The number of rotatable bonds is 6. The molecule has 0 unspecified atom stereocenters. The molecule has 0 spiro atoms. The first-order valence-electron chi connectivity index (χ1n) is 9.31. The number of fused-ring (bicyclic) bond motifs is 1. The predicted octanol–water partition coefficient (Wildman–Crippen LogP) is 5.19. The summed E-state index contributed by atoms with van der Waals surface area (Å²) >= 11 is 0. The highest BCUT2D eigenvalue weighted by atomic mass is 16.1. The molecule has 5 nitrogen and oxygen atoms in total. The summed E-state index contributed by atoms with van der Waals surface area (Å²) in [4.78, 5) is 19.7. The van der Waals surface area contributed by atoms with Gasteiger partial charge in [0, 0.05) is 41.1 Å². The van der Waals surface area contributed by atoms with Crippen molar-refractivity contribution in [3.05, 3.63) is 84.3 Å². The number of aromatic nitrogens is 2. The number of aromatic amines is 1. The third-order valence-corrected chi connectivity index (χ3v) is 4.75. The fraction of sp³-hybridized carbons (Fsp3) is 0.130. The van der Waals surface area contributed by atoms with Crippen molar-refractivity contribution in [1.82, 2.24) is 9.97 Å². The molecule has 1 amide bonds. The molecule has 4 rings (SSSR count). The van der Waals surface area contributed by atoms with Crippen LogP contribution >= 0.6 is 0 Å². The fourth-order valence-electron chi connectivity index (χ4n) is 3.28. The minimum absolute atomic E-state index is 0.0117. The fourth-order valence-corrected chi connectivity index (χ4v) is 3.28. The van der Waals surface area contributed by atoms with Crippen LogP contribution in [0.3, 0.4) is 0 Å². The van der Waals surface area contributed by atoms with Gasteiger partial charge in [0.2, 0.25) is 5.91 Å². The molecule has 5 heteroatoms. The van der Waals surface area contributed by atoms with Crippen LogP contribution in [0.15, 0.2) is 73.2 Å². The summed E-state index contributed by atoms with van der Waals surface area (Å²) in [5.41, 5.74) is 6.05. The number of carbonyl (C=O) groups excluding carboxylic acids is 1. The molecular weight excluding hydrogens is 348 g/mol. The topological polar surface area (TPSA) is 69.8 Å². The Balaban J connectivity index is 1.37. The summed E-state index contributed by atoms with van der Waals surface area (Å²) < 4.78 is 0. The van der Waals surface area contributed by atoms with E-state index in [0.29, 0.717) is 12.8 Å². The highest BCUT2D eigenvalue weighted by Gasteiger charge is 2.08. The minimum atomic E-state index is 0.0117. The molecule has 140 valence electrons. The van der Waals surface area contributed by atoms with E-state index in [4.69, 9.17) is 0 Å². The first-order valence-corrected chi connectivity index (χ1v) is 9.31. The maximum absolute atomic E-state index is 12.4. The van der Waals surface area contributed by atoms with Crippen LogP contribution in [0.4, 0.5) is 17.1 Å². The number of hydrogen-bond acceptors (Lipinski definition) is 3. The lowest BCUT2D eigenvalue weighted by atomic mass is 10.1. The van der Waals surface area contributed by atoms with Crippen LogP contribution in [0.25, 0.3) is 10.9 Å². The van der Waals surface area contributed by atoms with Crippen molar-refractivity contribution in [2.75, 3.05) is 10.6 Å². The van der Waals surface area contributed by atoms with E-state index in [2.05, 4.69) is 26.7 Å². The van der Waals surface area contributed by atoms with Gasteiger partial charge in [0.05, 0.1) is 11.9 Å². The average Bonchev–Trinajstić information content (AvgIpc) is 3.12. The molecule has 2 aromatic heterocycles. The summed E-state index contributed by atoms with van der Waals surface area (Å²) in [6.07, 6.45) is 6.65. The normalized spacial score (nSPS) is 10.8. The van der Waals surface area contributed by atoms with Gasteiger partial charge in [-0.05, 0) is 60.9 Å². The molecule has 2 aromatic carbocycles. The van der Waals surface area contributed by atoms with Gasteiger partial charge in [-0.1, -0.05) is 18.2 Å². The van der Waals surface area contributed by atoms with Crippen molar-refractivity contribution in [1.29, 1.82) is 0 Å². The van der Waals surface area contributed by atoms with Gasteiger partial charge >= 0.3 is 0 Å². The molecule has 0 saturated carbocycles. The monoisotopic (exact) mass is 370 g/mol. The Hall–Kier alpha value is -3.60. The highest BCUT2D eigenvalue weighted by Crippen LogP contribution is 2.24. The second-order valence-electron chi connectivity index (χ2n) is 6.80. The van der Waals surface area contributed by atoms with Crippen LogP contribution in [0, 0.1) is 6.92 Å². The van der Waals surface area contributed by atoms with Crippen molar-refractivity contribution in [2.45, 2.75) is 19.8 Å². The van der Waals surface area contributed by atoms with Crippen molar-refractivity contribution < 1.29 is 4.79 Å². The van der Waals surface area contributed by atoms with E-state index in [-0.39, 0.29) is 5.91 Å². The van der Waals surface area contributed by atoms with Crippen molar-refractivity contribution in [3.8, 4) is 0 Å². The third kappa shape index (κ3) is 4.04. The number of benzene rings is 2. The summed E-state index contributed by atoms with van der Waals surface area (Å²) in [7, 11) is 0. The van der Waals surface area contributed by atoms with Gasteiger partial charge in [0.25, 0.3) is 0 Å². The SMILES string of the molecule is Cc1cc(NC(=O)CCc2c[nH]c3ccccc23)ccc1Nc1cccnc1. The van der Waals surface area contributed by atoms with Gasteiger partial charge < -0.3 is 15.6 Å². The summed E-state index contributed by atoms with van der Waals surface area (Å²) in [5, 5.41) is 7.51. The van der Waals surface area contributed by atoms with Crippen LogP contribution < -0.4 is 10.6 Å². The number of hydrogen-bond donors (Lipinski definition) is 3. The number of anilines is 3. The Morgan fingerprint density at radius 1 is 1.07 bits per heavy atom. The number of para-hydroxylation sites is 1. The standard InChI is InChI=1S/C23H22N4O/c1-16-13-18(9-10-21(16)26-19-5-4-12-24-15-19)27-23(28)11-8-17-14-25-22-7-3-2-6-20(17)22/h2-7,9-10,12-15,25-26H,8,11H2,1H3,(H,27,28). The second-order valence-corrected chi connectivity index (χ2v) is 6.80. The largest absolute Gasteiger partial charge is 0.361 e. The maximum atomic E-state index is 12.4. The molecular formula is C23H22N4O. The van der Waals surface area contributed by atoms with Crippen LogP contribution in [0.5, 0.6) is 0 Å². The zero-order chi connectivity index (χ0) is 19.3. The van der Waals surface area contributed by atoms with E-state index in [1.54, 1.807) is 12.4 Å². The van der Waals surface area contributed by atoms with E-state index in [1.165, 1.54) is 5.39 Å². The van der Waals surface area contributed by atoms with E-state index < -0.39 is 0 Å². The molecule has 0 radical (unpaired) electrons. The van der Waals surface area contributed by atoms with Crippen LogP contribution in [-0.4, -0.2) is 15.9 Å². The van der Waals surface area contributed by atoms with Gasteiger partial charge in [-0.25, -0.2) is 0 Å². The molecule has 0 aliphatic heterocycles. The van der Waals surface area contributed by atoms with E-state index >= 15 is 0 Å². The molecule has 3 N–H and O–H groups in total. The number of nitrogens with one attached hydrogen (secondary N) is 3. The van der Waals surface area contributed by atoms with E-state index in [1.807, 2.05) is 61.7 Å². The average molecular weight is 370 g/mol. The maximum Gasteiger partial charge on any atom is 0.224 e. The quantitative estimate of drug-likeness (QED) is 0.438. The smallest absolute Gasteiger partial charge is 0.224 e. The zero-order valence-electron chi connectivity index (χ0n) is 15.7. The number of nitrogens with zero attached hydrogens (tertiary/aromatic N) is 1.